The van der Waals surface area contributed by atoms with Crippen molar-refractivity contribution < 1.29 is 27.4 Å². The van der Waals surface area contributed by atoms with Gasteiger partial charge in [0.25, 0.3) is 5.91 Å². The third-order valence-electron chi connectivity index (χ3n) is 3.93. The van der Waals surface area contributed by atoms with Gasteiger partial charge in [-0.05, 0) is 36.4 Å². The normalized spacial score (nSPS) is 13.3. The Kier molecular flexibility index (Phi) is 6.31. The summed E-state index contributed by atoms with van der Waals surface area (Å²) < 4.78 is 49.4. The molecule has 156 valence electrons. The third kappa shape index (κ3) is 4.56. The van der Waals surface area contributed by atoms with Gasteiger partial charge in [-0.25, -0.2) is 9.37 Å². The van der Waals surface area contributed by atoms with E-state index in [4.69, 9.17) is 0 Å². The quantitative estimate of drug-likeness (QED) is 0.481. The largest absolute Gasteiger partial charge is 0.586 e. The molecule has 4 rings (SSSR count). The summed E-state index contributed by atoms with van der Waals surface area (Å²) in [6.45, 7) is 4.00. The van der Waals surface area contributed by atoms with Crippen molar-refractivity contribution in [2.24, 2.45) is 0 Å². The molecule has 1 N–H and O–H groups in total. The van der Waals surface area contributed by atoms with Crippen LogP contribution in [-0.4, -0.2) is 17.2 Å². The molecule has 1 amide bonds. The van der Waals surface area contributed by atoms with Gasteiger partial charge in [0.05, 0.1) is 5.56 Å². The molecular weight excluding hydrogens is 465 g/mol. The fourth-order valence-electron chi connectivity index (χ4n) is 2.65. The maximum absolute atomic E-state index is 13.7. The van der Waals surface area contributed by atoms with E-state index >= 15 is 0 Å². The fourth-order valence-corrected chi connectivity index (χ4v) is 3.20. The van der Waals surface area contributed by atoms with Crippen LogP contribution in [0.15, 0.2) is 59.2 Å². The van der Waals surface area contributed by atoms with E-state index in [1.54, 1.807) is 12.1 Å². The maximum atomic E-state index is 13.7. The van der Waals surface area contributed by atoms with Gasteiger partial charge in [0.15, 0.2) is 11.5 Å². The van der Waals surface area contributed by atoms with Gasteiger partial charge in [-0.15, -0.1) is 8.78 Å². The number of benzene rings is 2. The summed E-state index contributed by atoms with van der Waals surface area (Å²) in [7, 11) is 0. The monoisotopic (exact) mass is 480 g/mol. The minimum atomic E-state index is -3.71. The maximum Gasteiger partial charge on any atom is 0.586 e. The van der Waals surface area contributed by atoms with Crippen molar-refractivity contribution in [2.45, 2.75) is 20.1 Å². The molecule has 9 heteroatoms. The summed E-state index contributed by atoms with van der Waals surface area (Å²) in [4.78, 5) is 16.3. The van der Waals surface area contributed by atoms with Gasteiger partial charge < -0.3 is 14.8 Å². The average molecular weight is 481 g/mol. The molecule has 0 fully saturated rings. The number of pyridine rings is 1. The Morgan fingerprint density at radius 3 is 2.37 bits per heavy atom. The van der Waals surface area contributed by atoms with Crippen LogP contribution in [0.1, 0.15) is 24.2 Å². The molecule has 0 radical (unpaired) electrons. The molecule has 0 spiro atoms. The van der Waals surface area contributed by atoms with E-state index in [0.717, 1.165) is 0 Å². The molecule has 0 saturated heterocycles. The highest BCUT2D eigenvalue weighted by molar-refractivity contribution is 9.10. The van der Waals surface area contributed by atoms with Gasteiger partial charge in [0, 0.05) is 21.8 Å². The van der Waals surface area contributed by atoms with Crippen LogP contribution in [0.5, 0.6) is 11.5 Å². The van der Waals surface area contributed by atoms with Crippen molar-refractivity contribution in [3.05, 3.63) is 70.6 Å². The minimum absolute atomic E-state index is 0.0812. The van der Waals surface area contributed by atoms with Crippen molar-refractivity contribution >= 4 is 27.7 Å². The Balaban J connectivity index is 0.00000124. The number of hydrogen-bond acceptors (Lipinski definition) is 4. The fraction of sp³-hybridized carbons (Fsp3) is 0.143. The highest BCUT2D eigenvalue weighted by atomic mass is 79.9. The SMILES string of the molecule is CC.O=C(Nc1ccc(-c2cc3c(cc2Br)OC(F)(F)O3)cn1)c1ccccc1F. The Morgan fingerprint density at radius 1 is 1.07 bits per heavy atom. The lowest BCUT2D eigenvalue weighted by atomic mass is 10.1. The number of amides is 1. The van der Waals surface area contributed by atoms with Gasteiger partial charge in [-0.3, -0.25) is 4.79 Å². The molecule has 0 aliphatic carbocycles. The second-order valence-corrected chi connectivity index (χ2v) is 6.67. The summed E-state index contributed by atoms with van der Waals surface area (Å²) in [5.41, 5.74) is 1.02. The average Bonchev–Trinajstić information content (AvgIpc) is 3.02. The number of alkyl halides is 2. The predicted molar refractivity (Wildman–Crippen MR) is 109 cm³/mol. The van der Waals surface area contributed by atoms with Crippen LogP contribution >= 0.6 is 15.9 Å². The Hall–Kier alpha value is -3.07. The molecule has 30 heavy (non-hydrogen) atoms. The third-order valence-corrected chi connectivity index (χ3v) is 4.58. The Bertz CT molecular complexity index is 1080. The van der Waals surface area contributed by atoms with Crippen LogP contribution in [0, 0.1) is 5.82 Å². The van der Waals surface area contributed by atoms with Crippen molar-refractivity contribution in [1.29, 1.82) is 0 Å². The van der Waals surface area contributed by atoms with E-state index < -0.39 is 18.0 Å². The molecule has 1 aromatic heterocycles. The van der Waals surface area contributed by atoms with Gasteiger partial charge in [-0.1, -0.05) is 41.9 Å². The second-order valence-electron chi connectivity index (χ2n) is 5.81. The summed E-state index contributed by atoms with van der Waals surface area (Å²) in [5, 5.41) is 2.50. The molecule has 0 unspecified atom stereocenters. The Morgan fingerprint density at radius 2 is 1.73 bits per heavy atom. The zero-order valence-corrected chi connectivity index (χ0v) is 17.5. The molecule has 3 aromatic rings. The van der Waals surface area contributed by atoms with E-state index in [0.29, 0.717) is 15.6 Å². The van der Waals surface area contributed by atoms with Gasteiger partial charge in [0.1, 0.15) is 11.6 Å². The molecular formula is C21H16BrF3N2O3. The van der Waals surface area contributed by atoms with Crippen LogP contribution in [0.2, 0.25) is 0 Å². The Labute approximate surface area is 179 Å². The van der Waals surface area contributed by atoms with E-state index in [1.165, 1.54) is 42.6 Å². The van der Waals surface area contributed by atoms with Crippen LogP contribution < -0.4 is 14.8 Å². The molecule has 0 atom stereocenters. The summed E-state index contributed by atoms with van der Waals surface area (Å²) in [5.74, 6) is -1.24. The lowest BCUT2D eigenvalue weighted by Crippen LogP contribution is -2.25. The highest BCUT2D eigenvalue weighted by Crippen LogP contribution is 2.46. The molecule has 0 bridgehead atoms. The molecule has 2 aromatic carbocycles. The second kappa shape index (κ2) is 8.74. The number of carbonyl (C=O) groups excluding carboxylic acids is 1. The number of fused-ring (bicyclic) bond motifs is 1. The van der Waals surface area contributed by atoms with E-state index in [9.17, 15) is 18.0 Å². The number of ether oxygens (including phenoxy) is 2. The summed E-state index contributed by atoms with van der Waals surface area (Å²) >= 11 is 3.30. The summed E-state index contributed by atoms with van der Waals surface area (Å²) in [6, 6.07) is 11.5. The first-order chi connectivity index (χ1) is 14.3. The van der Waals surface area contributed by atoms with Gasteiger partial charge in [0.2, 0.25) is 0 Å². The standard InChI is InChI=1S/C19H10BrF3N2O3.C2H6/c20-13-8-16-15(27-19(22,23)28-16)7-12(13)10-5-6-17(24-9-10)25-18(26)11-3-1-2-4-14(11)21;1-2/h1-9H,(H,24,25,26);1-2H3. The number of carbonyl (C=O) groups is 1. The number of rotatable bonds is 3. The number of nitrogens with zero attached hydrogens (tertiary/aromatic N) is 1. The first-order valence-corrected chi connectivity index (χ1v) is 9.73. The molecule has 1 aliphatic rings. The summed E-state index contributed by atoms with van der Waals surface area (Å²) in [6.07, 6.45) is -2.27. The van der Waals surface area contributed by atoms with Crippen LogP contribution in [0.3, 0.4) is 0 Å². The van der Waals surface area contributed by atoms with E-state index in [2.05, 4.69) is 35.7 Å². The van der Waals surface area contributed by atoms with Crippen molar-refractivity contribution in [2.75, 3.05) is 5.32 Å². The zero-order valence-electron chi connectivity index (χ0n) is 15.9. The van der Waals surface area contributed by atoms with Crippen molar-refractivity contribution in [3.63, 3.8) is 0 Å². The topological polar surface area (TPSA) is 60.5 Å². The molecule has 0 saturated carbocycles. The first kappa shape index (κ1) is 21.6. The highest BCUT2D eigenvalue weighted by Gasteiger charge is 2.43. The van der Waals surface area contributed by atoms with E-state index in [1.807, 2.05) is 13.8 Å². The molecule has 2 heterocycles. The van der Waals surface area contributed by atoms with Crippen LogP contribution in [0.4, 0.5) is 19.0 Å². The number of halogens is 4. The number of hydrogen-bond donors (Lipinski definition) is 1. The van der Waals surface area contributed by atoms with Crippen molar-refractivity contribution in [1.82, 2.24) is 4.98 Å². The predicted octanol–water partition coefficient (Wildman–Crippen LogP) is 6.25. The minimum Gasteiger partial charge on any atom is -0.395 e. The first-order valence-electron chi connectivity index (χ1n) is 8.94. The van der Waals surface area contributed by atoms with Crippen molar-refractivity contribution in [3.8, 4) is 22.6 Å². The zero-order chi connectivity index (χ0) is 21.9. The number of nitrogens with one attached hydrogen (secondary N) is 1. The smallest absolute Gasteiger partial charge is 0.395 e. The number of aromatic nitrogens is 1. The van der Waals surface area contributed by atoms with Gasteiger partial charge >= 0.3 is 6.29 Å². The molecule has 1 aliphatic heterocycles. The lowest BCUT2D eigenvalue weighted by molar-refractivity contribution is -0.286. The van der Waals surface area contributed by atoms with Crippen LogP contribution in [-0.2, 0) is 0 Å². The number of anilines is 1. The lowest BCUT2D eigenvalue weighted by Gasteiger charge is -2.08. The van der Waals surface area contributed by atoms with Crippen LogP contribution in [0.25, 0.3) is 11.1 Å². The van der Waals surface area contributed by atoms with E-state index in [-0.39, 0.29) is 22.9 Å². The van der Waals surface area contributed by atoms with Gasteiger partial charge in [-0.2, -0.15) is 0 Å². The molecule has 5 nitrogen and oxygen atoms in total.